The van der Waals surface area contributed by atoms with Crippen LogP contribution in [-0.2, 0) is 19.5 Å². The molecule has 0 spiro atoms. The van der Waals surface area contributed by atoms with Crippen LogP contribution >= 0.6 is 11.6 Å². The zero-order chi connectivity index (χ0) is 17.9. The van der Waals surface area contributed by atoms with Crippen LogP contribution < -0.4 is 4.90 Å². The average molecular weight is 372 g/mol. The molecule has 0 bridgehead atoms. The molecule has 0 N–H and O–H groups in total. The molecule has 3 heterocycles. The van der Waals surface area contributed by atoms with E-state index in [9.17, 15) is 0 Å². The zero-order valence-corrected chi connectivity index (χ0v) is 16.1. The van der Waals surface area contributed by atoms with Crippen LogP contribution in [-0.4, -0.2) is 59.0 Å². The average Bonchev–Trinajstić information content (AvgIpc) is 2.69. The summed E-state index contributed by atoms with van der Waals surface area (Å²) in [4.78, 5) is 16.8. The molecule has 4 rings (SSSR count). The number of aromatic nitrogens is 2. The van der Waals surface area contributed by atoms with E-state index in [1.165, 1.54) is 16.8 Å². The molecule has 0 radical (unpaired) electrons. The molecule has 1 aromatic heterocycles. The van der Waals surface area contributed by atoms with Crippen LogP contribution in [0.2, 0.25) is 5.02 Å². The molecular weight excluding hydrogens is 346 g/mol. The number of piperazine rings is 1. The highest BCUT2D eigenvalue weighted by Gasteiger charge is 2.22. The molecule has 6 heteroatoms. The molecule has 138 valence electrons. The maximum atomic E-state index is 5.98. The fourth-order valence-corrected chi connectivity index (χ4v) is 3.89. The van der Waals surface area contributed by atoms with E-state index >= 15 is 0 Å². The molecule has 0 atom stereocenters. The van der Waals surface area contributed by atoms with Crippen molar-refractivity contribution in [3.05, 3.63) is 52.3 Å². The van der Waals surface area contributed by atoms with Crippen molar-refractivity contribution in [2.45, 2.75) is 26.4 Å². The maximum Gasteiger partial charge on any atom is 0.225 e. The molecule has 0 amide bonds. The van der Waals surface area contributed by atoms with E-state index in [0.29, 0.717) is 0 Å². The summed E-state index contributed by atoms with van der Waals surface area (Å²) in [5.74, 6) is 0.908. The summed E-state index contributed by atoms with van der Waals surface area (Å²) in [6.45, 7) is 10.5. The highest BCUT2D eigenvalue weighted by Crippen LogP contribution is 2.22. The van der Waals surface area contributed by atoms with E-state index in [1.54, 1.807) is 0 Å². The Morgan fingerprint density at radius 3 is 2.50 bits per heavy atom. The number of rotatable bonds is 4. The Labute approximate surface area is 160 Å². The van der Waals surface area contributed by atoms with Crippen LogP contribution in [0.25, 0.3) is 0 Å². The van der Waals surface area contributed by atoms with E-state index < -0.39 is 0 Å². The summed E-state index contributed by atoms with van der Waals surface area (Å²) in [5, 5.41) is 0.790. The minimum Gasteiger partial charge on any atom is -0.338 e. The zero-order valence-electron chi connectivity index (χ0n) is 15.4. The molecule has 0 aliphatic carbocycles. The van der Waals surface area contributed by atoms with Crippen LogP contribution in [0.5, 0.6) is 0 Å². The van der Waals surface area contributed by atoms with Crippen molar-refractivity contribution in [2.75, 3.05) is 44.2 Å². The van der Waals surface area contributed by atoms with Crippen LogP contribution in [0.15, 0.2) is 30.5 Å². The van der Waals surface area contributed by atoms with Gasteiger partial charge in [0.05, 0.1) is 5.69 Å². The van der Waals surface area contributed by atoms with Crippen molar-refractivity contribution in [3.8, 4) is 0 Å². The van der Waals surface area contributed by atoms with Gasteiger partial charge in [0.25, 0.3) is 0 Å². The quantitative estimate of drug-likeness (QED) is 0.825. The van der Waals surface area contributed by atoms with Crippen molar-refractivity contribution in [1.29, 1.82) is 0 Å². The Balaban J connectivity index is 1.40. The van der Waals surface area contributed by atoms with E-state index in [4.69, 9.17) is 16.6 Å². The summed E-state index contributed by atoms with van der Waals surface area (Å²) >= 11 is 5.98. The van der Waals surface area contributed by atoms with Gasteiger partial charge in [-0.25, -0.2) is 9.97 Å². The lowest BCUT2D eigenvalue weighted by Crippen LogP contribution is -2.47. The second kappa shape index (κ2) is 7.91. The highest BCUT2D eigenvalue weighted by molar-refractivity contribution is 6.30. The molecule has 1 aromatic carbocycles. The number of halogens is 1. The Morgan fingerprint density at radius 1 is 1.00 bits per heavy atom. The third kappa shape index (κ3) is 4.00. The maximum absolute atomic E-state index is 5.98. The first-order valence-electron chi connectivity index (χ1n) is 9.50. The Bertz CT molecular complexity index is 740. The number of anilines is 1. The molecule has 1 saturated heterocycles. The fourth-order valence-electron chi connectivity index (χ4n) is 3.76. The normalized spacial score (nSPS) is 18.8. The van der Waals surface area contributed by atoms with Crippen molar-refractivity contribution >= 4 is 17.5 Å². The number of benzene rings is 1. The predicted molar refractivity (Wildman–Crippen MR) is 106 cm³/mol. The van der Waals surface area contributed by atoms with Gasteiger partial charge in [-0.05, 0) is 24.2 Å². The van der Waals surface area contributed by atoms with Gasteiger partial charge in [-0.3, -0.25) is 4.90 Å². The second-order valence-corrected chi connectivity index (χ2v) is 7.59. The molecular formula is C20H26ClN5. The van der Waals surface area contributed by atoms with Gasteiger partial charge < -0.3 is 9.80 Å². The smallest absolute Gasteiger partial charge is 0.225 e. The molecule has 0 saturated carbocycles. The molecule has 26 heavy (non-hydrogen) atoms. The number of hydrogen-bond donors (Lipinski definition) is 0. The molecule has 5 nitrogen and oxygen atoms in total. The second-order valence-electron chi connectivity index (χ2n) is 7.15. The van der Waals surface area contributed by atoms with Gasteiger partial charge in [0.2, 0.25) is 5.95 Å². The Hall–Kier alpha value is -1.69. The Kier molecular flexibility index (Phi) is 5.38. The topological polar surface area (TPSA) is 35.5 Å². The van der Waals surface area contributed by atoms with Crippen molar-refractivity contribution < 1.29 is 0 Å². The molecule has 0 unspecified atom stereocenters. The number of hydrogen-bond acceptors (Lipinski definition) is 5. The lowest BCUT2D eigenvalue weighted by Gasteiger charge is -2.35. The first-order valence-corrected chi connectivity index (χ1v) is 9.88. The van der Waals surface area contributed by atoms with Crippen LogP contribution in [0, 0.1) is 0 Å². The van der Waals surface area contributed by atoms with Gasteiger partial charge in [-0.1, -0.05) is 30.7 Å². The van der Waals surface area contributed by atoms with Crippen molar-refractivity contribution in [3.63, 3.8) is 0 Å². The van der Waals surface area contributed by atoms with Gasteiger partial charge in [0.15, 0.2) is 0 Å². The minimum absolute atomic E-state index is 0.790. The third-order valence-electron chi connectivity index (χ3n) is 5.42. The van der Waals surface area contributed by atoms with Crippen LogP contribution in [0.1, 0.15) is 23.7 Å². The predicted octanol–water partition coefficient (Wildman–Crippen LogP) is 2.83. The molecule has 2 aromatic rings. The van der Waals surface area contributed by atoms with E-state index in [-0.39, 0.29) is 0 Å². The van der Waals surface area contributed by atoms with Gasteiger partial charge in [0, 0.05) is 69.0 Å². The minimum atomic E-state index is 0.790. The SMILES string of the molecule is CCN1CCN(c2ncc3c(n2)CCN(Cc2ccc(Cl)cc2)C3)CC1. The van der Waals surface area contributed by atoms with Gasteiger partial charge in [-0.15, -0.1) is 0 Å². The molecule has 2 aliphatic heterocycles. The van der Waals surface area contributed by atoms with Crippen LogP contribution in [0.4, 0.5) is 5.95 Å². The third-order valence-corrected chi connectivity index (χ3v) is 5.67. The summed E-state index contributed by atoms with van der Waals surface area (Å²) in [7, 11) is 0. The van der Waals surface area contributed by atoms with E-state index in [2.05, 4.69) is 38.7 Å². The lowest BCUT2D eigenvalue weighted by molar-refractivity contribution is 0.242. The van der Waals surface area contributed by atoms with Gasteiger partial charge >= 0.3 is 0 Å². The van der Waals surface area contributed by atoms with E-state index in [0.717, 1.165) is 69.7 Å². The number of nitrogens with zero attached hydrogens (tertiary/aromatic N) is 5. The monoisotopic (exact) mass is 371 g/mol. The highest BCUT2D eigenvalue weighted by atomic mass is 35.5. The van der Waals surface area contributed by atoms with Crippen LogP contribution in [0.3, 0.4) is 0 Å². The fraction of sp³-hybridized carbons (Fsp3) is 0.500. The van der Waals surface area contributed by atoms with Crippen molar-refractivity contribution in [1.82, 2.24) is 19.8 Å². The summed E-state index contributed by atoms with van der Waals surface area (Å²) < 4.78 is 0. The summed E-state index contributed by atoms with van der Waals surface area (Å²) in [6.07, 6.45) is 3.03. The summed E-state index contributed by atoms with van der Waals surface area (Å²) in [6, 6.07) is 8.13. The summed E-state index contributed by atoms with van der Waals surface area (Å²) in [5.41, 5.74) is 3.78. The largest absolute Gasteiger partial charge is 0.338 e. The van der Waals surface area contributed by atoms with Crippen molar-refractivity contribution in [2.24, 2.45) is 0 Å². The molecule has 1 fully saturated rings. The van der Waals surface area contributed by atoms with E-state index in [1.807, 2.05) is 18.3 Å². The first-order chi connectivity index (χ1) is 12.7. The lowest BCUT2D eigenvalue weighted by atomic mass is 10.1. The number of likely N-dealkylation sites (N-methyl/N-ethyl adjacent to an activating group) is 1. The number of fused-ring (bicyclic) bond motifs is 1. The van der Waals surface area contributed by atoms with Gasteiger partial charge in [-0.2, -0.15) is 0 Å². The first kappa shape index (κ1) is 17.7. The Morgan fingerprint density at radius 2 is 1.77 bits per heavy atom. The molecule has 2 aliphatic rings. The standard InChI is InChI=1S/C20H26ClN5/c1-2-24-9-11-26(12-10-24)20-22-13-17-15-25(8-7-19(17)23-20)14-16-3-5-18(21)6-4-16/h3-6,13H,2,7-12,14-15H2,1H3. The van der Waals surface area contributed by atoms with Gasteiger partial charge in [0.1, 0.15) is 0 Å².